The molecule has 1 aromatic heterocycles. The van der Waals surface area contributed by atoms with Crippen LogP contribution in [0.5, 0.6) is 0 Å². The van der Waals surface area contributed by atoms with E-state index in [2.05, 4.69) is 30.7 Å². The number of fused-ring (bicyclic) bond motifs is 1. The van der Waals surface area contributed by atoms with Crippen LogP contribution in [0.25, 0.3) is 10.2 Å². The first-order valence-corrected chi connectivity index (χ1v) is 12.0. The van der Waals surface area contributed by atoms with Crippen LogP contribution in [0.15, 0.2) is 36.4 Å². The molecule has 3 aromatic rings. The fraction of sp³-hybridized carbons (Fsp3) is 0.440. The topological polar surface area (TPSA) is 45.7 Å². The van der Waals surface area contributed by atoms with Gasteiger partial charge >= 0.3 is 0 Å². The van der Waals surface area contributed by atoms with Crippen molar-refractivity contribution in [2.24, 2.45) is 0 Å². The van der Waals surface area contributed by atoms with Crippen molar-refractivity contribution >= 4 is 32.6 Å². The third-order valence-corrected chi connectivity index (χ3v) is 6.86. The number of nitrogens with zero attached hydrogens (tertiary/aromatic N) is 3. The van der Waals surface area contributed by atoms with E-state index in [0.717, 1.165) is 49.0 Å². The maximum Gasteiger partial charge on any atom is 0.260 e. The molecule has 1 amide bonds. The summed E-state index contributed by atoms with van der Waals surface area (Å²) in [6.45, 7) is 10.8. The lowest BCUT2D eigenvalue weighted by atomic mass is 9.86. The molecular weight excluding hydrogens is 444 g/mol. The van der Waals surface area contributed by atoms with Crippen LogP contribution >= 0.6 is 11.3 Å². The molecule has 0 bridgehead atoms. The maximum atomic E-state index is 14.3. The highest BCUT2D eigenvalue weighted by atomic mass is 32.1. The van der Waals surface area contributed by atoms with Crippen LogP contribution < -0.4 is 4.90 Å². The Hall–Kier alpha value is -2.42. The van der Waals surface area contributed by atoms with Crippen molar-refractivity contribution in [3.05, 3.63) is 59.2 Å². The first kappa shape index (κ1) is 23.7. The second-order valence-electron chi connectivity index (χ2n) is 9.32. The summed E-state index contributed by atoms with van der Waals surface area (Å²) in [6.07, 6.45) is 0.735. The van der Waals surface area contributed by atoms with Crippen LogP contribution in [0.3, 0.4) is 0 Å². The quantitative estimate of drug-likeness (QED) is 0.491. The van der Waals surface area contributed by atoms with E-state index in [0.29, 0.717) is 35.2 Å². The average molecular weight is 474 g/mol. The molecule has 2 heterocycles. The van der Waals surface area contributed by atoms with Gasteiger partial charge in [0, 0.05) is 37.8 Å². The Bertz CT molecular complexity index is 1120. The lowest BCUT2D eigenvalue weighted by Gasteiger charge is -2.28. The van der Waals surface area contributed by atoms with Gasteiger partial charge in [-0.3, -0.25) is 14.6 Å². The van der Waals surface area contributed by atoms with Gasteiger partial charge in [0.15, 0.2) is 10.9 Å². The number of halogens is 2. The van der Waals surface area contributed by atoms with Crippen LogP contribution in [-0.2, 0) is 10.2 Å². The number of morpholine rings is 1. The largest absolute Gasteiger partial charge is 0.379 e. The van der Waals surface area contributed by atoms with Crippen molar-refractivity contribution in [1.82, 2.24) is 9.88 Å². The summed E-state index contributed by atoms with van der Waals surface area (Å²) in [5.74, 6) is -1.57. The van der Waals surface area contributed by atoms with Gasteiger partial charge in [-0.15, -0.1) is 0 Å². The van der Waals surface area contributed by atoms with Crippen molar-refractivity contribution in [2.45, 2.75) is 32.6 Å². The third-order valence-electron chi connectivity index (χ3n) is 5.84. The van der Waals surface area contributed by atoms with Gasteiger partial charge in [-0.2, -0.15) is 0 Å². The van der Waals surface area contributed by atoms with Gasteiger partial charge in [0.25, 0.3) is 5.91 Å². The van der Waals surface area contributed by atoms with E-state index in [1.165, 1.54) is 6.07 Å². The van der Waals surface area contributed by atoms with E-state index < -0.39 is 11.6 Å². The first-order chi connectivity index (χ1) is 15.7. The summed E-state index contributed by atoms with van der Waals surface area (Å²) in [7, 11) is 0. The molecule has 0 spiro atoms. The summed E-state index contributed by atoms with van der Waals surface area (Å²) < 4.78 is 33.8. The van der Waals surface area contributed by atoms with Crippen molar-refractivity contribution in [3.8, 4) is 0 Å². The number of ether oxygens (including phenoxy) is 1. The zero-order chi connectivity index (χ0) is 23.6. The molecule has 5 nitrogen and oxygen atoms in total. The molecular formula is C25H29F2N3O2S. The summed E-state index contributed by atoms with van der Waals surface area (Å²) in [5, 5.41) is 0.376. The van der Waals surface area contributed by atoms with Crippen LogP contribution in [-0.4, -0.2) is 55.2 Å². The number of rotatable bonds is 6. The Morgan fingerprint density at radius 2 is 1.85 bits per heavy atom. The Balaban J connectivity index is 1.60. The molecule has 0 radical (unpaired) electrons. The van der Waals surface area contributed by atoms with E-state index in [-0.39, 0.29) is 16.8 Å². The number of hydrogen-bond acceptors (Lipinski definition) is 5. The Labute approximate surface area is 197 Å². The highest BCUT2D eigenvalue weighted by Gasteiger charge is 2.24. The number of aromatic nitrogens is 1. The van der Waals surface area contributed by atoms with Gasteiger partial charge in [0.05, 0.1) is 17.9 Å². The molecule has 1 fully saturated rings. The molecule has 2 aromatic carbocycles. The van der Waals surface area contributed by atoms with E-state index in [4.69, 9.17) is 4.74 Å². The normalized spacial score (nSPS) is 15.2. The fourth-order valence-electron chi connectivity index (χ4n) is 3.89. The van der Waals surface area contributed by atoms with Crippen LogP contribution in [0, 0.1) is 11.6 Å². The minimum absolute atomic E-state index is 0.0198. The molecule has 0 unspecified atom stereocenters. The van der Waals surface area contributed by atoms with Crippen LogP contribution in [0.4, 0.5) is 13.9 Å². The molecule has 8 heteroatoms. The molecule has 0 N–H and O–H groups in total. The van der Waals surface area contributed by atoms with E-state index in [1.54, 1.807) is 4.90 Å². The molecule has 33 heavy (non-hydrogen) atoms. The summed E-state index contributed by atoms with van der Waals surface area (Å²) in [5.41, 5.74) is 1.75. The second-order valence-corrected chi connectivity index (χ2v) is 10.3. The predicted molar refractivity (Wildman–Crippen MR) is 128 cm³/mol. The van der Waals surface area contributed by atoms with Gasteiger partial charge in [-0.1, -0.05) is 44.2 Å². The van der Waals surface area contributed by atoms with Gasteiger partial charge in [0.2, 0.25) is 0 Å². The van der Waals surface area contributed by atoms with Crippen LogP contribution in [0.1, 0.15) is 43.1 Å². The van der Waals surface area contributed by atoms with Crippen molar-refractivity contribution in [3.63, 3.8) is 0 Å². The SMILES string of the molecule is CC(C)(C)c1ccc(C(=O)N(CCCN2CCOCC2)c2nc3c(F)cc(F)cc3s2)cc1. The predicted octanol–water partition coefficient (Wildman–Crippen LogP) is 5.24. The summed E-state index contributed by atoms with van der Waals surface area (Å²) >= 11 is 1.13. The lowest BCUT2D eigenvalue weighted by molar-refractivity contribution is 0.0376. The number of carbonyl (C=O) groups is 1. The van der Waals surface area contributed by atoms with Gasteiger partial charge in [0.1, 0.15) is 11.3 Å². The number of anilines is 1. The van der Waals surface area contributed by atoms with Crippen molar-refractivity contribution in [2.75, 3.05) is 44.3 Å². The van der Waals surface area contributed by atoms with Gasteiger partial charge in [-0.05, 0) is 35.6 Å². The molecule has 1 aliphatic rings. The maximum absolute atomic E-state index is 14.3. The summed E-state index contributed by atoms with van der Waals surface area (Å²) in [4.78, 5) is 21.8. The van der Waals surface area contributed by atoms with Gasteiger partial charge < -0.3 is 4.74 Å². The smallest absolute Gasteiger partial charge is 0.260 e. The number of amides is 1. The Morgan fingerprint density at radius 3 is 2.52 bits per heavy atom. The highest BCUT2D eigenvalue weighted by molar-refractivity contribution is 7.22. The molecule has 1 aliphatic heterocycles. The monoisotopic (exact) mass is 473 g/mol. The standard InChI is InChI=1S/C25H29F2N3O2S/c1-25(2,3)18-7-5-17(6-8-18)23(31)30(10-4-9-29-11-13-32-14-12-29)24-28-22-20(27)15-19(26)16-21(22)33-24/h5-8,15-16H,4,9-14H2,1-3H3. The number of carbonyl (C=O) groups excluding carboxylic acids is 1. The van der Waals surface area contributed by atoms with E-state index in [1.807, 2.05) is 24.3 Å². The number of thiazole rings is 1. The second kappa shape index (κ2) is 9.83. The Morgan fingerprint density at radius 1 is 1.15 bits per heavy atom. The average Bonchev–Trinajstić information content (AvgIpc) is 3.20. The van der Waals surface area contributed by atoms with Crippen molar-refractivity contribution < 1.29 is 18.3 Å². The third kappa shape index (κ3) is 5.57. The van der Waals surface area contributed by atoms with Crippen molar-refractivity contribution in [1.29, 1.82) is 0 Å². The Kier molecular flexibility index (Phi) is 7.07. The van der Waals surface area contributed by atoms with Gasteiger partial charge in [-0.25, -0.2) is 13.8 Å². The molecule has 4 rings (SSSR count). The molecule has 0 aliphatic carbocycles. The van der Waals surface area contributed by atoms with Crippen LogP contribution in [0.2, 0.25) is 0 Å². The van der Waals surface area contributed by atoms with E-state index in [9.17, 15) is 13.6 Å². The lowest BCUT2D eigenvalue weighted by Crippen LogP contribution is -2.39. The molecule has 0 atom stereocenters. The molecule has 0 saturated carbocycles. The minimum atomic E-state index is -0.720. The fourth-order valence-corrected chi connectivity index (χ4v) is 4.92. The zero-order valence-electron chi connectivity index (χ0n) is 19.2. The minimum Gasteiger partial charge on any atom is -0.379 e. The summed E-state index contributed by atoms with van der Waals surface area (Å²) in [6, 6.07) is 9.66. The number of hydrogen-bond donors (Lipinski definition) is 0. The first-order valence-electron chi connectivity index (χ1n) is 11.2. The molecule has 1 saturated heterocycles. The number of benzene rings is 2. The van der Waals surface area contributed by atoms with E-state index >= 15 is 0 Å². The highest BCUT2D eigenvalue weighted by Crippen LogP contribution is 2.32. The zero-order valence-corrected chi connectivity index (χ0v) is 20.1. The molecule has 176 valence electrons.